The zero-order chi connectivity index (χ0) is 12.6. The molecule has 2 nitrogen and oxygen atoms in total. The number of alkyl halides is 1. The lowest BCUT2D eigenvalue weighted by atomic mass is 9.98. The van der Waals surface area contributed by atoms with Crippen molar-refractivity contribution < 1.29 is 4.79 Å². The Kier molecular flexibility index (Phi) is 8.73. The van der Waals surface area contributed by atoms with Crippen molar-refractivity contribution in [1.82, 2.24) is 5.32 Å². The molecule has 0 radical (unpaired) electrons. The topological polar surface area (TPSA) is 29.1 Å². The SMILES string of the molecule is CCC(CC)C(=O)NCC(Cl)C(CC)CC. The van der Waals surface area contributed by atoms with Crippen molar-refractivity contribution in [3.05, 3.63) is 0 Å². The molecule has 0 heterocycles. The summed E-state index contributed by atoms with van der Waals surface area (Å²) < 4.78 is 0. The number of carbonyl (C=O) groups excluding carboxylic acids is 1. The monoisotopic (exact) mass is 247 g/mol. The third kappa shape index (κ3) is 5.20. The van der Waals surface area contributed by atoms with Crippen molar-refractivity contribution in [1.29, 1.82) is 0 Å². The number of nitrogens with one attached hydrogen (secondary N) is 1. The molecular weight excluding hydrogens is 222 g/mol. The summed E-state index contributed by atoms with van der Waals surface area (Å²) in [6.45, 7) is 8.99. The Bertz CT molecular complexity index is 188. The van der Waals surface area contributed by atoms with Crippen LogP contribution in [0.5, 0.6) is 0 Å². The third-order valence-corrected chi connectivity index (χ3v) is 3.90. The molecule has 0 saturated heterocycles. The average Bonchev–Trinajstić information content (AvgIpc) is 2.29. The summed E-state index contributed by atoms with van der Waals surface area (Å²) in [6.07, 6.45) is 3.96. The lowest BCUT2D eigenvalue weighted by Gasteiger charge is -2.21. The number of rotatable bonds is 8. The Morgan fingerprint density at radius 3 is 1.94 bits per heavy atom. The van der Waals surface area contributed by atoms with E-state index in [9.17, 15) is 4.79 Å². The van der Waals surface area contributed by atoms with Crippen molar-refractivity contribution in [2.75, 3.05) is 6.54 Å². The van der Waals surface area contributed by atoms with Crippen LogP contribution in [0.4, 0.5) is 0 Å². The number of carbonyl (C=O) groups is 1. The van der Waals surface area contributed by atoms with Crippen molar-refractivity contribution in [3.63, 3.8) is 0 Å². The third-order valence-electron chi connectivity index (χ3n) is 3.39. The van der Waals surface area contributed by atoms with Gasteiger partial charge in [0, 0.05) is 12.5 Å². The predicted octanol–water partition coefficient (Wildman–Crippen LogP) is 3.58. The van der Waals surface area contributed by atoms with Crippen LogP contribution in [0.25, 0.3) is 0 Å². The van der Waals surface area contributed by atoms with E-state index in [4.69, 9.17) is 11.6 Å². The highest BCUT2D eigenvalue weighted by Crippen LogP contribution is 2.18. The molecular formula is C13H26ClNO. The van der Waals surface area contributed by atoms with E-state index in [0.717, 1.165) is 25.7 Å². The molecule has 1 amide bonds. The smallest absolute Gasteiger partial charge is 0.223 e. The highest BCUT2D eigenvalue weighted by Gasteiger charge is 2.19. The fourth-order valence-corrected chi connectivity index (χ4v) is 2.40. The molecule has 0 fully saturated rings. The van der Waals surface area contributed by atoms with Crippen LogP contribution in [-0.4, -0.2) is 17.8 Å². The van der Waals surface area contributed by atoms with E-state index in [1.165, 1.54) is 0 Å². The minimum atomic E-state index is 0.0633. The number of halogens is 1. The van der Waals surface area contributed by atoms with Crippen LogP contribution in [0.1, 0.15) is 53.4 Å². The largest absolute Gasteiger partial charge is 0.354 e. The molecule has 0 aromatic rings. The minimum Gasteiger partial charge on any atom is -0.354 e. The van der Waals surface area contributed by atoms with Gasteiger partial charge in [-0.3, -0.25) is 4.79 Å². The Hall–Kier alpha value is -0.240. The summed E-state index contributed by atoms with van der Waals surface area (Å²) in [7, 11) is 0. The molecule has 0 rings (SSSR count). The molecule has 0 aromatic heterocycles. The van der Waals surface area contributed by atoms with E-state index < -0.39 is 0 Å². The van der Waals surface area contributed by atoms with Crippen LogP contribution in [0.3, 0.4) is 0 Å². The lowest BCUT2D eigenvalue weighted by molar-refractivity contribution is -0.125. The summed E-state index contributed by atoms with van der Waals surface area (Å²) in [5.74, 6) is 0.802. The molecule has 0 aliphatic carbocycles. The number of hydrogen-bond donors (Lipinski definition) is 1. The average molecular weight is 248 g/mol. The van der Waals surface area contributed by atoms with Gasteiger partial charge in [-0.05, 0) is 18.8 Å². The zero-order valence-corrected chi connectivity index (χ0v) is 11.8. The Labute approximate surface area is 105 Å². The van der Waals surface area contributed by atoms with Crippen molar-refractivity contribution in [3.8, 4) is 0 Å². The first-order valence-electron chi connectivity index (χ1n) is 6.52. The van der Waals surface area contributed by atoms with Gasteiger partial charge in [0.05, 0.1) is 5.38 Å². The molecule has 1 unspecified atom stereocenters. The highest BCUT2D eigenvalue weighted by atomic mass is 35.5. The Morgan fingerprint density at radius 1 is 1.06 bits per heavy atom. The van der Waals surface area contributed by atoms with Gasteiger partial charge < -0.3 is 5.32 Å². The van der Waals surface area contributed by atoms with Gasteiger partial charge in [-0.25, -0.2) is 0 Å². The van der Waals surface area contributed by atoms with E-state index >= 15 is 0 Å². The fourth-order valence-electron chi connectivity index (χ4n) is 1.97. The summed E-state index contributed by atoms with van der Waals surface area (Å²) in [4.78, 5) is 11.7. The van der Waals surface area contributed by atoms with E-state index in [1.807, 2.05) is 13.8 Å². The first kappa shape index (κ1) is 15.8. The van der Waals surface area contributed by atoms with Gasteiger partial charge in [-0.1, -0.05) is 40.5 Å². The molecule has 96 valence electrons. The number of hydrogen-bond acceptors (Lipinski definition) is 1. The van der Waals surface area contributed by atoms with Crippen molar-refractivity contribution in [2.45, 2.75) is 58.8 Å². The Balaban J connectivity index is 3.99. The molecule has 0 aromatic carbocycles. The molecule has 1 N–H and O–H groups in total. The second kappa shape index (κ2) is 8.86. The van der Waals surface area contributed by atoms with Crippen LogP contribution in [0, 0.1) is 11.8 Å². The van der Waals surface area contributed by atoms with Gasteiger partial charge in [0.2, 0.25) is 5.91 Å². The van der Waals surface area contributed by atoms with Gasteiger partial charge in [0.15, 0.2) is 0 Å². The van der Waals surface area contributed by atoms with Gasteiger partial charge >= 0.3 is 0 Å². The predicted molar refractivity (Wildman–Crippen MR) is 70.8 cm³/mol. The minimum absolute atomic E-state index is 0.0633. The van der Waals surface area contributed by atoms with Gasteiger partial charge in [0.25, 0.3) is 0 Å². The molecule has 16 heavy (non-hydrogen) atoms. The molecule has 0 bridgehead atoms. The first-order valence-corrected chi connectivity index (χ1v) is 6.95. The molecule has 3 heteroatoms. The van der Waals surface area contributed by atoms with E-state index in [2.05, 4.69) is 19.2 Å². The lowest BCUT2D eigenvalue weighted by Crippen LogP contribution is -2.36. The highest BCUT2D eigenvalue weighted by molar-refractivity contribution is 6.21. The van der Waals surface area contributed by atoms with Gasteiger partial charge in [0.1, 0.15) is 0 Å². The van der Waals surface area contributed by atoms with Crippen LogP contribution < -0.4 is 5.32 Å². The second-order valence-corrected chi connectivity index (χ2v) is 4.91. The zero-order valence-electron chi connectivity index (χ0n) is 11.1. The second-order valence-electron chi connectivity index (χ2n) is 4.35. The molecule has 1 atom stereocenters. The molecule has 0 aliphatic rings. The number of amides is 1. The fraction of sp³-hybridized carbons (Fsp3) is 0.923. The van der Waals surface area contributed by atoms with Crippen LogP contribution in [0.15, 0.2) is 0 Å². The summed E-state index contributed by atoms with van der Waals surface area (Å²) in [6, 6.07) is 0. The summed E-state index contributed by atoms with van der Waals surface area (Å²) in [5, 5.41) is 3.03. The van der Waals surface area contributed by atoms with Crippen molar-refractivity contribution in [2.24, 2.45) is 11.8 Å². The van der Waals surface area contributed by atoms with Gasteiger partial charge in [-0.2, -0.15) is 0 Å². The quantitative estimate of drug-likeness (QED) is 0.653. The van der Waals surface area contributed by atoms with E-state index in [0.29, 0.717) is 12.5 Å². The molecule has 0 spiro atoms. The normalized spacial score (nSPS) is 13.2. The maximum Gasteiger partial charge on any atom is 0.223 e. The standard InChI is InChI=1S/C13H26ClNO/c1-5-10(6-2)12(14)9-15-13(16)11(7-3)8-4/h10-12H,5-9H2,1-4H3,(H,15,16). The summed E-state index contributed by atoms with van der Waals surface area (Å²) in [5.41, 5.74) is 0. The van der Waals surface area contributed by atoms with Crippen molar-refractivity contribution >= 4 is 17.5 Å². The van der Waals surface area contributed by atoms with Crippen LogP contribution in [-0.2, 0) is 4.79 Å². The first-order chi connectivity index (χ1) is 7.60. The van der Waals surface area contributed by atoms with E-state index in [1.54, 1.807) is 0 Å². The maximum atomic E-state index is 11.7. The summed E-state index contributed by atoms with van der Waals surface area (Å²) >= 11 is 6.27. The van der Waals surface area contributed by atoms with E-state index in [-0.39, 0.29) is 17.2 Å². The van der Waals surface area contributed by atoms with Crippen LogP contribution >= 0.6 is 11.6 Å². The van der Waals surface area contributed by atoms with Crippen LogP contribution in [0.2, 0.25) is 0 Å². The molecule has 0 aliphatic heterocycles. The Morgan fingerprint density at radius 2 is 1.56 bits per heavy atom. The maximum absolute atomic E-state index is 11.7. The van der Waals surface area contributed by atoms with Gasteiger partial charge in [-0.15, -0.1) is 11.6 Å². The molecule has 0 saturated carbocycles.